The fourth-order valence-electron chi connectivity index (χ4n) is 4.69. The lowest BCUT2D eigenvalue weighted by Crippen LogP contribution is -2.28. The van der Waals surface area contributed by atoms with Crippen LogP contribution in [0.25, 0.3) is 22.4 Å². The third kappa shape index (κ3) is 4.49. The molecule has 1 aliphatic rings. The summed E-state index contributed by atoms with van der Waals surface area (Å²) < 4.78 is 41.1. The van der Waals surface area contributed by atoms with Gasteiger partial charge in [-0.2, -0.15) is 4.31 Å². The van der Waals surface area contributed by atoms with Gasteiger partial charge in [0.1, 0.15) is 18.3 Å². The van der Waals surface area contributed by atoms with Gasteiger partial charge < -0.3 is 18.5 Å². The number of aldehydes is 1. The summed E-state index contributed by atoms with van der Waals surface area (Å²) in [5.41, 5.74) is 2.75. The van der Waals surface area contributed by atoms with Crippen molar-refractivity contribution in [1.82, 2.24) is 13.9 Å². The fourth-order valence-corrected chi connectivity index (χ4v) is 6.19. The Balaban J connectivity index is 1.42. The summed E-state index contributed by atoms with van der Waals surface area (Å²) >= 11 is 0. The Kier molecular flexibility index (Phi) is 6.21. The molecule has 8 nitrogen and oxygen atoms in total. The Morgan fingerprint density at radius 1 is 1.20 bits per heavy atom. The third-order valence-electron chi connectivity index (χ3n) is 6.29. The first kappa shape index (κ1) is 23.3. The van der Waals surface area contributed by atoms with Crippen molar-refractivity contribution in [2.75, 3.05) is 13.1 Å². The van der Waals surface area contributed by atoms with E-state index in [1.807, 2.05) is 42.8 Å². The average Bonchev–Trinajstić information content (AvgIpc) is 3.59. The molecule has 0 saturated carbocycles. The lowest BCUT2D eigenvalue weighted by atomic mass is 9.97. The van der Waals surface area contributed by atoms with Crippen LogP contribution >= 0.6 is 0 Å². The Labute approximate surface area is 204 Å². The molecule has 3 heterocycles. The van der Waals surface area contributed by atoms with Gasteiger partial charge in [-0.25, -0.2) is 13.4 Å². The first-order chi connectivity index (χ1) is 16.9. The molecule has 1 aliphatic heterocycles. The van der Waals surface area contributed by atoms with Crippen molar-refractivity contribution in [3.63, 3.8) is 0 Å². The fraction of sp³-hybridized carbons (Fsp3) is 0.308. The summed E-state index contributed by atoms with van der Waals surface area (Å²) in [5.74, 6) is 1.18. The molecule has 2 aromatic carbocycles. The molecule has 0 bridgehead atoms. The van der Waals surface area contributed by atoms with Crippen LogP contribution < -0.4 is 4.74 Å². The standard InChI is InChI=1S/C26H27N3O5S/c1-18(2)34-21-4-6-22(7-5-21)35(31,32)29-11-9-20(16-29)24-17-28(12-13-30)25-15-19(3-8-23(24)25)26-27-10-14-33-26/h3-8,10,13-15,17-18,20H,9,11-12,16H2,1-2H3/t20-/m1/s1. The Morgan fingerprint density at radius 2 is 2.00 bits per heavy atom. The van der Waals surface area contributed by atoms with E-state index in [-0.39, 0.29) is 23.5 Å². The molecule has 5 rings (SSSR count). The second-order valence-corrected chi connectivity index (χ2v) is 10.9. The van der Waals surface area contributed by atoms with E-state index < -0.39 is 10.0 Å². The van der Waals surface area contributed by atoms with Crippen LogP contribution in [0.4, 0.5) is 0 Å². The Hall–Kier alpha value is -3.43. The number of ether oxygens (including phenoxy) is 1. The summed E-state index contributed by atoms with van der Waals surface area (Å²) in [5, 5.41) is 1.00. The van der Waals surface area contributed by atoms with Crippen molar-refractivity contribution in [1.29, 1.82) is 0 Å². The molecule has 0 N–H and O–H groups in total. The molecular weight excluding hydrogens is 466 g/mol. The summed E-state index contributed by atoms with van der Waals surface area (Å²) in [6.45, 7) is 4.89. The van der Waals surface area contributed by atoms with Gasteiger partial charge in [0.15, 0.2) is 0 Å². The predicted molar refractivity (Wildman–Crippen MR) is 132 cm³/mol. The van der Waals surface area contributed by atoms with Gasteiger partial charge in [0.25, 0.3) is 0 Å². The first-order valence-electron chi connectivity index (χ1n) is 11.6. The molecule has 0 unspecified atom stereocenters. The molecule has 0 radical (unpaired) electrons. The number of hydrogen-bond acceptors (Lipinski definition) is 6. The van der Waals surface area contributed by atoms with Crippen LogP contribution in [-0.4, -0.2) is 47.8 Å². The largest absolute Gasteiger partial charge is 0.491 e. The number of rotatable bonds is 8. The zero-order valence-electron chi connectivity index (χ0n) is 19.6. The van der Waals surface area contributed by atoms with Gasteiger partial charge >= 0.3 is 0 Å². The quantitative estimate of drug-likeness (QED) is 0.336. The molecule has 182 valence electrons. The highest BCUT2D eigenvalue weighted by Crippen LogP contribution is 2.37. The van der Waals surface area contributed by atoms with Crippen molar-refractivity contribution in [2.24, 2.45) is 0 Å². The van der Waals surface area contributed by atoms with E-state index in [2.05, 4.69) is 4.98 Å². The summed E-state index contributed by atoms with van der Waals surface area (Å²) in [6, 6.07) is 12.5. The molecule has 1 atom stereocenters. The van der Waals surface area contributed by atoms with Crippen molar-refractivity contribution >= 4 is 27.2 Å². The van der Waals surface area contributed by atoms with Crippen molar-refractivity contribution < 1.29 is 22.4 Å². The van der Waals surface area contributed by atoms with Crippen LogP contribution in [0.2, 0.25) is 0 Å². The van der Waals surface area contributed by atoms with Gasteiger partial charge in [0.05, 0.1) is 23.7 Å². The average molecular weight is 494 g/mol. The maximum absolute atomic E-state index is 13.3. The van der Waals surface area contributed by atoms with Crippen molar-refractivity contribution in [2.45, 2.75) is 43.7 Å². The number of nitrogens with zero attached hydrogens (tertiary/aromatic N) is 3. The van der Waals surface area contributed by atoms with Crippen LogP contribution in [0.15, 0.2) is 70.4 Å². The molecular formula is C26H27N3O5S. The maximum atomic E-state index is 13.3. The zero-order chi connectivity index (χ0) is 24.6. The molecule has 0 amide bonds. The van der Waals surface area contributed by atoms with Gasteiger partial charge in [-0.3, -0.25) is 0 Å². The summed E-state index contributed by atoms with van der Waals surface area (Å²) in [7, 11) is -3.62. The van der Waals surface area contributed by atoms with E-state index in [1.54, 1.807) is 34.8 Å². The molecule has 0 spiro atoms. The van der Waals surface area contributed by atoms with Crippen LogP contribution in [0.3, 0.4) is 0 Å². The molecule has 0 aliphatic carbocycles. The highest BCUT2D eigenvalue weighted by atomic mass is 32.2. The number of carbonyl (C=O) groups excluding carboxylic acids is 1. The molecule has 1 saturated heterocycles. The Morgan fingerprint density at radius 3 is 2.69 bits per heavy atom. The number of fused-ring (bicyclic) bond motifs is 1. The highest BCUT2D eigenvalue weighted by Gasteiger charge is 2.34. The van der Waals surface area contributed by atoms with Gasteiger partial charge in [-0.15, -0.1) is 0 Å². The van der Waals surface area contributed by atoms with E-state index in [0.29, 0.717) is 31.2 Å². The van der Waals surface area contributed by atoms with E-state index in [0.717, 1.165) is 28.3 Å². The van der Waals surface area contributed by atoms with Gasteiger partial charge in [0, 0.05) is 41.7 Å². The molecule has 9 heteroatoms. The number of hydrogen-bond donors (Lipinski definition) is 0. The van der Waals surface area contributed by atoms with Crippen molar-refractivity contribution in [3.05, 3.63) is 66.7 Å². The van der Waals surface area contributed by atoms with Crippen molar-refractivity contribution in [3.8, 4) is 17.2 Å². The monoisotopic (exact) mass is 493 g/mol. The summed E-state index contributed by atoms with van der Waals surface area (Å²) in [6.07, 6.45) is 6.66. The first-order valence-corrected chi connectivity index (χ1v) is 13.0. The van der Waals surface area contributed by atoms with Gasteiger partial charge in [-0.1, -0.05) is 6.07 Å². The van der Waals surface area contributed by atoms with E-state index >= 15 is 0 Å². The molecule has 1 fully saturated rings. The number of carbonyl (C=O) groups is 1. The van der Waals surface area contributed by atoms with E-state index in [4.69, 9.17) is 9.15 Å². The minimum Gasteiger partial charge on any atom is -0.491 e. The van der Waals surface area contributed by atoms with Gasteiger partial charge in [-0.05, 0) is 62.2 Å². The molecule has 2 aromatic heterocycles. The smallest absolute Gasteiger partial charge is 0.243 e. The van der Waals surface area contributed by atoms with Crippen LogP contribution in [0.1, 0.15) is 31.7 Å². The summed E-state index contributed by atoms with van der Waals surface area (Å²) in [4.78, 5) is 15.8. The maximum Gasteiger partial charge on any atom is 0.243 e. The van der Waals surface area contributed by atoms with E-state index in [9.17, 15) is 13.2 Å². The second-order valence-electron chi connectivity index (χ2n) is 8.96. The van der Waals surface area contributed by atoms with Crippen LogP contribution in [0.5, 0.6) is 5.75 Å². The third-order valence-corrected chi connectivity index (χ3v) is 8.17. The Bertz CT molecular complexity index is 1440. The van der Waals surface area contributed by atoms with Gasteiger partial charge in [0.2, 0.25) is 15.9 Å². The number of oxazole rings is 1. The highest BCUT2D eigenvalue weighted by molar-refractivity contribution is 7.89. The lowest BCUT2D eigenvalue weighted by molar-refractivity contribution is -0.108. The number of benzene rings is 2. The number of sulfonamides is 1. The normalized spacial score (nSPS) is 16.8. The lowest BCUT2D eigenvalue weighted by Gasteiger charge is -2.17. The second kappa shape index (κ2) is 9.31. The SMILES string of the molecule is CC(C)Oc1ccc(S(=O)(=O)N2CC[C@@H](c3cn(CC=O)c4cc(-c5ncco5)ccc34)C2)cc1. The minimum atomic E-state index is -3.62. The minimum absolute atomic E-state index is 0.0181. The topological polar surface area (TPSA) is 94.6 Å². The zero-order valence-corrected chi connectivity index (χ0v) is 20.4. The van der Waals surface area contributed by atoms with Crippen LogP contribution in [0, 0.1) is 0 Å². The van der Waals surface area contributed by atoms with E-state index in [1.165, 1.54) is 6.26 Å². The number of aromatic nitrogens is 2. The van der Waals surface area contributed by atoms with Crippen LogP contribution in [-0.2, 0) is 21.4 Å². The molecule has 4 aromatic rings. The molecule has 35 heavy (non-hydrogen) atoms. The predicted octanol–water partition coefficient (Wildman–Crippen LogP) is 4.46.